The van der Waals surface area contributed by atoms with Crippen molar-refractivity contribution in [2.24, 2.45) is 11.7 Å². The maximum absolute atomic E-state index is 13.2. The number of halogens is 1. The molecular formula is C14H20FNO. The van der Waals surface area contributed by atoms with Gasteiger partial charge in [-0.1, -0.05) is 18.9 Å². The summed E-state index contributed by atoms with van der Waals surface area (Å²) >= 11 is 0. The lowest BCUT2D eigenvalue weighted by Gasteiger charge is -2.25. The monoisotopic (exact) mass is 237 g/mol. The van der Waals surface area contributed by atoms with E-state index in [2.05, 4.69) is 0 Å². The predicted octanol–water partition coefficient (Wildman–Crippen LogP) is 2.69. The molecule has 3 N–H and O–H groups in total. The molecule has 1 aromatic rings. The first kappa shape index (κ1) is 12.5. The fourth-order valence-electron chi connectivity index (χ4n) is 2.75. The van der Waals surface area contributed by atoms with Gasteiger partial charge in [0.1, 0.15) is 5.82 Å². The van der Waals surface area contributed by atoms with Crippen molar-refractivity contribution < 1.29 is 9.50 Å². The summed E-state index contributed by atoms with van der Waals surface area (Å²) < 4.78 is 13.2. The zero-order valence-corrected chi connectivity index (χ0v) is 10.2. The lowest BCUT2D eigenvalue weighted by Crippen LogP contribution is -2.32. The first-order chi connectivity index (χ1) is 8.09. The first-order valence-electron chi connectivity index (χ1n) is 6.29. The molecule has 1 aliphatic carbocycles. The van der Waals surface area contributed by atoms with Gasteiger partial charge in [-0.25, -0.2) is 4.39 Å². The van der Waals surface area contributed by atoms with Crippen LogP contribution in [0.2, 0.25) is 0 Å². The molecule has 3 heteroatoms. The van der Waals surface area contributed by atoms with Gasteiger partial charge in [0.15, 0.2) is 0 Å². The van der Waals surface area contributed by atoms with Gasteiger partial charge in [0.05, 0.1) is 12.1 Å². The smallest absolute Gasteiger partial charge is 0.123 e. The molecule has 1 aromatic carbocycles. The number of hydrogen-bond acceptors (Lipinski definition) is 2. The van der Waals surface area contributed by atoms with Crippen molar-refractivity contribution in [2.45, 2.75) is 44.8 Å². The quantitative estimate of drug-likeness (QED) is 0.849. The third-order valence-corrected chi connectivity index (χ3v) is 3.85. The van der Waals surface area contributed by atoms with E-state index in [4.69, 9.17) is 5.73 Å². The number of hydrogen-bond donors (Lipinski definition) is 2. The van der Waals surface area contributed by atoms with Gasteiger partial charge in [0.2, 0.25) is 0 Å². The molecule has 0 saturated heterocycles. The van der Waals surface area contributed by atoms with Crippen LogP contribution in [0.3, 0.4) is 0 Å². The van der Waals surface area contributed by atoms with E-state index in [0.29, 0.717) is 0 Å². The van der Waals surface area contributed by atoms with E-state index in [-0.39, 0.29) is 11.7 Å². The Bertz CT molecular complexity index is 388. The second-order valence-corrected chi connectivity index (χ2v) is 5.06. The average Bonchev–Trinajstić information content (AvgIpc) is 2.84. The molecule has 0 aromatic heterocycles. The van der Waals surface area contributed by atoms with Gasteiger partial charge in [-0.3, -0.25) is 0 Å². The van der Waals surface area contributed by atoms with Crippen LogP contribution in [0.4, 0.5) is 4.39 Å². The molecular weight excluding hydrogens is 217 g/mol. The highest BCUT2D eigenvalue weighted by atomic mass is 19.1. The topological polar surface area (TPSA) is 46.2 Å². The molecule has 2 rings (SSSR count). The highest BCUT2D eigenvalue weighted by molar-refractivity contribution is 5.30. The molecule has 0 aliphatic heterocycles. The SMILES string of the molecule is Cc1ccc(F)cc1[C@H](N)[C@H](O)C1CCCC1. The lowest BCUT2D eigenvalue weighted by molar-refractivity contribution is 0.0842. The summed E-state index contributed by atoms with van der Waals surface area (Å²) in [6.07, 6.45) is 3.83. The summed E-state index contributed by atoms with van der Waals surface area (Å²) in [4.78, 5) is 0. The molecule has 0 unspecified atom stereocenters. The van der Waals surface area contributed by atoms with Crippen LogP contribution in [0.25, 0.3) is 0 Å². The Kier molecular flexibility index (Phi) is 3.79. The zero-order valence-electron chi connectivity index (χ0n) is 10.2. The minimum Gasteiger partial charge on any atom is -0.391 e. The van der Waals surface area contributed by atoms with Crippen LogP contribution in [-0.2, 0) is 0 Å². The van der Waals surface area contributed by atoms with Crippen molar-refractivity contribution >= 4 is 0 Å². The third-order valence-electron chi connectivity index (χ3n) is 3.85. The minimum atomic E-state index is -0.557. The normalized spacial score (nSPS) is 20.5. The Morgan fingerprint density at radius 1 is 1.35 bits per heavy atom. The number of nitrogens with two attached hydrogens (primary N) is 1. The third kappa shape index (κ3) is 2.67. The van der Waals surface area contributed by atoms with Gasteiger partial charge >= 0.3 is 0 Å². The highest BCUT2D eigenvalue weighted by Crippen LogP contribution is 2.33. The summed E-state index contributed by atoms with van der Waals surface area (Å²) in [5.41, 5.74) is 7.74. The van der Waals surface area contributed by atoms with E-state index in [1.54, 1.807) is 6.07 Å². The number of rotatable bonds is 3. The molecule has 94 valence electrons. The van der Waals surface area contributed by atoms with Crippen LogP contribution < -0.4 is 5.73 Å². The van der Waals surface area contributed by atoms with E-state index in [1.165, 1.54) is 12.1 Å². The molecule has 0 amide bonds. The standard InChI is InChI=1S/C14H20FNO/c1-9-6-7-11(15)8-12(9)13(16)14(17)10-4-2-3-5-10/h6-8,10,13-14,17H,2-5,16H2,1H3/t13-,14+/m0/s1. The average molecular weight is 237 g/mol. The Morgan fingerprint density at radius 2 is 2.00 bits per heavy atom. The molecule has 1 fully saturated rings. The van der Waals surface area contributed by atoms with Crippen molar-refractivity contribution in [1.29, 1.82) is 0 Å². The van der Waals surface area contributed by atoms with Gasteiger partial charge in [0, 0.05) is 0 Å². The van der Waals surface area contributed by atoms with Crippen molar-refractivity contribution in [3.63, 3.8) is 0 Å². The Hall–Kier alpha value is -0.930. The molecule has 1 aliphatic rings. The first-order valence-corrected chi connectivity index (χ1v) is 6.29. The number of aliphatic hydroxyl groups is 1. The maximum Gasteiger partial charge on any atom is 0.123 e. The van der Waals surface area contributed by atoms with Crippen LogP contribution in [0.5, 0.6) is 0 Å². The summed E-state index contributed by atoms with van der Waals surface area (Å²) in [6.45, 7) is 1.90. The van der Waals surface area contributed by atoms with Gasteiger partial charge in [-0.2, -0.15) is 0 Å². The summed E-state index contributed by atoms with van der Waals surface area (Å²) in [7, 11) is 0. The van der Waals surface area contributed by atoms with Crippen LogP contribution in [0, 0.1) is 18.7 Å². The number of aryl methyl sites for hydroxylation is 1. The van der Waals surface area contributed by atoms with Gasteiger partial charge in [0.25, 0.3) is 0 Å². The van der Waals surface area contributed by atoms with Gasteiger partial charge in [-0.15, -0.1) is 0 Å². The van der Waals surface area contributed by atoms with E-state index >= 15 is 0 Å². The molecule has 0 radical (unpaired) electrons. The Balaban J connectivity index is 2.17. The number of aliphatic hydroxyl groups excluding tert-OH is 1. The van der Waals surface area contributed by atoms with E-state index < -0.39 is 12.1 Å². The van der Waals surface area contributed by atoms with E-state index in [0.717, 1.165) is 36.8 Å². The maximum atomic E-state index is 13.2. The summed E-state index contributed by atoms with van der Waals surface area (Å²) in [5.74, 6) is -0.0210. The molecule has 0 bridgehead atoms. The predicted molar refractivity (Wildman–Crippen MR) is 66.0 cm³/mol. The second kappa shape index (κ2) is 5.15. The van der Waals surface area contributed by atoms with Crippen LogP contribution in [-0.4, -0.2) is 11.2 Å². The van der Waals surface area contributed by atoms with Crippen LogP contribution in [0.1, 0.15) is 42.9 Å². The fraction of sp³-hybridized carbons (Fsp3) is 0.571. The molecule has 2 nitrogen and oxygen atoms in total. The summed E-state index contributed by atoms with van der Waals surface area (Å²) in [5, 5.41) is 10.2. The number of benzene rings is 1. The summed E-state index contributed by atoms with van der Waals surface area (Å²) in [6, 6.07) is 4.10. The lowest BCUT2D eigenvalue weighted by atomic mass is 9.89. The van der Waals surface area contributed by atoms with Crippen molar-refractivity contribution in [2.75, 3.05) is 0 Å². The van der Waals surface area contributed by atoms with Crippen LogP contribution in [0.15, 0.2) is 18.2 Å². The van der Waals surface area contributed by atoms with Crippen LogP contribution >= 0.6 is 0 Å². The fourth-order valence-corrected chi connectivity index (χ4v) is 2.75. The molecule has 0 spiro atoms. The molecule has 0 heterocycles. The van der Waals surface area contributed by atoms with E-state index in [9.17, 15) is 9.50 Å². The van der Waals surface area contributed by atoms with Gasteiger partial charge in [-0.05, 0) is 48.9 Å². The highest BCUT2D eigenvalue weighted by Gasteiger charge is 2.29. The van der Waals surface area contributed by atoms with Crippen molar-refractivity contribution in [3.8, 4) is 0 Å². The minimum absolute atomic E-state index is 0.271. The molecule has 1 saturated carbocycles. The second-order valence-electron chi connectivity index (χ2n) is 5.06. The molecule has 17 heavy (non-hydrogen) atoms. The molecule has 2 atom stereocenters. The van der Waals surface area contributed by atoms with Crippen molar-refractivity contribution in [1.82, 2.24) is 0 Å². The largest absolute Gasteiger partial charge is 0.391 e. The van der Waals surface area contributed by atoms with Crippen molar-refractivity contribution in [3.05, 3.63) is 35.1 Å². The van der Waals surface area contributed by atoms with Gasteiger partial charge < -0.3 is 10.8 Å². The Labute approximate surface area is 102 Å². The van der Waals surface area contributed by atoms with E-state index in [1.807, 2.05) is 6.92 Å². The zero-order chi connectivity index (χ0) is 12.4. The Morgan fingerprint density at radius 3 is 2.65 bits per heavy atom.